The highest BCUT2D eigenvalue weighted by Crippen LogP contribution is 2.26. The van der Waals surface area contributed by atoms with Gasteiger partial charge in [-0.3, -0.25) is 0 Å². The minimum absolute atomic E-state index is 0.238. The molecule has 0 saturated heterocycles. The van der Waals surface area contributed by atoms with E-state index in [1.807, 2.05) is 25.1 Å². The molecule has 1 N–H and O–H groups in total. The number of carbonyl (C=O) groups is 1. The summed E-state index contributed by atoms with van der Waals surface area (Å²) in [4.78, 5) is 12.1. The van der Waals surface area contributed by atoms with Gasteiger partial charge < -0.3 is 10.1 Å². The predicted molar refractivity (Wildman–Crippen MR) is 114 cm³/mol. The third kappa shape index (κ3) is 4.79. The van der Waals surface area contributed by atoms with E-state index in [4.69, 9.17) is 4.74 Å². The van der Waals surface area contributed by atoms with Crippen LogP contribution in [-0.2, 0) is 21.2 Å². The maximum atomic E-state index is 13.2. The third-order valence-electron chi connectivity index (χ3n) is 4.40. The number of nitrogens with one attached hydrogen (secondary N) is 1. The highest BCUT2D eigenvalue weighted by Gasteiger charge is 2.21. The second-order valence-corrected chi connectivity index (χ2v) is 9.78. The van der Waals surface area contributed by atoms with Crippen LogP contribution >= 0.6 is 0 Å². The minimum atomic E-state index is -3.72. The van der Waals surface area contributed by atoms with Gasteiger partial charge in [-0.25, -0.2) is 17.2 Å². The standard InChI is InChI=1S/C22H26N2O4S/c1-16-9-11-18(12-10-16)29(26,27)24-15-17(19-7-5-6-8-20(19)24)13-14-23-21(25)28-22(2,3)4/h5-12,15H,13-14H2,1-4H3,(H,23,25). The first-order chi connectivity index (χ1) is 13.6. The van der Waals surface area contributed by atoms with Crippen molar-refractivity contribution < 1.29 is 17.9 Å². The van der Waals surface area contributed by atoms with Crippen LogP contribution in [-0.4, -0.2) is 30.6 Å². The Balaban J connectivity index is 1.88. The van der Waals surface area contributed by atoms with Crippen LogP contribution in [0, 0.1) is 6.92 Å². The van der Waals surface area contributed by atoms with E-state index in [2.05, 4.69) is 5.32 Å². The van der Waals surface area contributed by atoms with Crippen molar-refractivity contribution in [1.82, 2.24) is 9.29 Å². The fourth-order valence-corrected chi connectivity index (χ4v) is 4.44. The Kier molecular flexibility index (Phi) is 5.71. The van der Waals surface area contributed by atoms with Gasteiger partial charge in [0.2, 0.25) is 0 Å². The Labute approximate surface area is 171 Å². The lowest BCUT2D eigenvalue weighted by Crippen LogP contribution is -2.33. The molecule has 1 amide bonds. The number of hydrogen-bond acceptors (Lipinski definition) is 4. The summed E-state index contributed by atoms with van der Waals surface area (Å²) in [6.07, 6.45) is 1.63. The molecule has 0 aliphatic rings. The molecular formula is C22H26N2O4S. The van der Waals surface area contributed by atoms with Gasteiger partial charge >= 0.3 is 6.09 Å². The number of rotatable bonds is 5. The van der Waals surface area contributed by atoms with Crippen molar-refractivity contribution in [1.29, 1.82) is 0 Å². The Bertz CT molecular complexity index is 1120. The highest BCUT2D eigenvalue weighted by atomic mass is 32.2. The number of amides is 1. The molecule has 0 fully saturated rings. The van der Waals surface area contributed by atoms with Crippen LogP contribution in [0.3, 0.4) is 0 Å². The Morgan fingerprint density at radius 2 is 1.72 bits per heavy atom. The quantitative estimate of drug-likeness (QED) is 0.677. The average molecular weight is 415 g/mol. The summed E-state index contributed by atoms with van der Waals surface area (Å²) in [5.41, 5.74) is 1.88. The van der Waals surface area contributed by atoms with Crippen molar-refractivity contribution in [3.8, 4) is 0 Å². The number of nitrogens with zero attached hydrogens (tertiary/aromatic N) is 1. The molecular weight excluding hydrogens is 388 g/mol. The molecule has 3 rings (SSSR count). The third-order valence-corrected chi connectivity index (χ3v) is 6.09. The lowest BCUT2D eigenvalue weighted by atomic mass is 10.1. The molecule has 0 aliphatic carbocycles. The molecule has 1 aromatic heterocycles. The van der Waals surface area contributed by atoms with Crippen molar-refractivity contribution in [3.05, 3.63) is 65.9 Å². The predicted octanol–water partition coefficient (Wildman–Crippen LogP) is 4.25. The smallest absolute Gasteiger partial charge is 0.407 e. The normalized spacial score (nSPS) is 12.1. The molecule has 29 heavy (non-hydrogen) atoms. The molecule has 0 spiro atoms. The first kappa shape index (κ1) is 20.9. The number of alkyl carbamates (subject to hydrolysis) is 1. The van der Waals surface area contributed by atoms with Gasteiger partial charge in [-0.05, 0) is 57.9 Å². The summed E-state index contributed by atoms with van der Waals surface area (Å²) >= 11 is 0. The lowest BCUT2D eigenvalue weighted by Gasteiger charge is -2.19. The van der Waals surface area contributed by atoms with Crippen LogP contribution < -0.4 is 5.32 Å². The van der Waals surface area contributed by atoms with E-state index in [0.717, 1.165) is 16.5 Å². The zero-order valence-corrected chi connectivity index (χ0v) is 17.9. The van der Waals surface area contributed by atoms with Gasteiger partial charge in [0.1, 0.15) is 5.60 Å². The molecule has 0 unspecified atom stereocenters. The Morgan fingerprint density at radius 3 is 2.38 bits per heavy atom. The summed E-state index contributed by atoms with van der Waals surface area (Å²) < 4.78 is 32.9. The number of ether oxygens (including phenoxy) is 1. The SMILES string of the molecule is Cc1ccc(S(=O)(=O)n2cc(CCNC(=O)OC(C)(C)C)c3ccccc32)cc1. The van der Waals surface area contributed by atoms with Gasteiger partial charge in [0.05, 0.1) is 10.4 Å². The maximum Gasteiger partial charge on any atom is 0.407 e. The molecule has 154 valence electrons. The van der Waals surface area contributed by atoms with E-state index >= 15 is 0 Å². The van der Waals surface area contributed by atoms with Gasteiger partial charge in [0.25, 0.3) is 10.0 Å². The van der Waals surface area contributed by atoms with Crippen LogP contribution in [0.2, 0.25) is 0 Å². The fourth-order valence-electron chi connectivity index (χ4n) is 3.05. The van der Waals surface area contributed by atoms with Crippen LogP contribution in [0.15, 0.2) is 59.6 Å². The molecule has 2 aromatic carbocycles. The number of carbonyl (C=O) groups excluding carboxylic acids is 1. The van der Waals surface area contributed by atoms with Crippen LogP contribution in [0.25, 0.3) is 10.9 Å². The number of aryl methyl sites for hydroxylation is 1. The molecule has 0 bridgehead atoms. The van der Waals surface area contributed by atoms with Crippen LogP contribution in [0.1, 0.15) is 31.9 Å². The van der Waals surface area contributed by atoms with Crippen molar-refractivity contribution in [2.75, 3.05) is 6.54 Å². The van der Waals surface area contributed by atoms with E-state index in [-0.39, 0.29) is 4.90 Å². The lowest BCUT2D eigenvalue weighted by molar-refractivity contribution is 0.0528. The largest absolute Gasteiger partial charge is 0.444 e. The van der Waals surface area contributed by atoms with E-state index in [1.54, 1.807) is 57.3 Å². The minimum Gasteiger partial charge on any atom is -0.444 e. The first-order valence-corrected chi connectivity index (χ1v) is 10.9. The number of aromatic nitrogens is 1. The Hall–Kier alpha value is -2.80. The number of fused-ring (bicyclic) bond motifs is 1. The van der Waals surface area contributed by atoms with Crippen molar-refractivity contribution in [2.24, 2.45) is 0 Å². The second-order valence-electron chi connectivity index (χ2n) is 7.96. The van der Waals surface area contributed by atoms with Crippen molar-refractivity contribution in [2.45, 2.75) is 44.6 Å². The highest BCUT2D eigenvalue weighted by molar-refractivity contribution is 7.90. The summed E-state index contributed by atoms with van der Waals surface area (Å²) in [6.45, 7) is 7.66. The van der Waals surface area contributed by atoms with Gasteiger partial charge in [-0.15, -0.1) is 0 Å². The van der Waals surface area contributed by atoms with E-state index < -0.39 is 21.7 Å². The average Bonchev–Trinajstić information content (AvgIpc) is 3.00. The summed E-state index contributed by atoms with van der Waals surface area (Å²) in [6, 6.07) is 14.1. The monoisotopic (exact) mass is 414 g/mol. The van der Waals surface area contributed by atoms with E-state index in [9.17, 15) is 13.2 Å². The van der Waals surface area contributed by atoms with Gasteiger partial charge in [-0.2, -0.15) is 0 Å². The van der Waals surface area contributed by atoms with Crippen molar-refractivity contribution >= 4 is 27.0 Å². The van der Waals surface area contributed by atoms with Crippen LogP contribution in [0.5, 0.6) is 0 Å². The Morgan fingerprint density at radius 1 is 1.07 bits per heavy atom. The molecule has 7 heteroatoms. The fraction of sp³-hybridized carbons (Fsp3) is 0.318. The van der Waals surface area contributed by atoms with E-state index in [1.165, 1.54) is 3.97 Å². The topological polar surface area (TPSA) is 77.4 Å². The number of hydrogen-bond donors (Lipinski definition) is 1. The first-order valence-electron chi connectivity index (χ1n) is 9.46. The molecule has 0 saturated carbocycles. The molecule has 0 aliphatic heterocycles. The molecule has 6 nitrogen and oxygen atoms in total. The maximum absolute atomic E-state index is 13.2. The zero-order valence-electron chi connectivity index (χ0n) is 17.1. The second kappa shape index (κ2) is 7.91. The molecule has 1 heterocycles. The molecule has 0 atom stereocenters. The summed E-state index contributed by atoms with van der Waals surface area (Å²) in [7, 11) is -3.72. The number of para-hydroxylation sites is 1. The molecule has 3 aromatic rings. The zero-order chi connectivity index (χ0) is 21.2. The van der Waals surface area contributed by atoms with E-state index in [0.29, 0.717) is 18.5 Å². The summed E-state index contributed by atoms with van der Waals surface area (Å²) in [5, 5.41) is 3.56. The van der Waals surface area contributed by atoms with Crippen LogP contribution in [0.4, 0.5) is 4.79 Å². The van der Waals surface area contributed by atoms with Crippen molar-refractivity contribution in [3.63, 3.8) is 0 Å². The summed E-state index contributed by atoms with van der Waals surface area (Å²) in [5.74, 6) is 0. The molecule has 0 radical (unpaired) electrons. The van der Waals surface area contributed by atoms with Gasteiger partial charge in [0.15, 0.2) is 0 Å². The van der Waals surface area contributed by atoms with Gasteiger partial charge in [-0.1, -0.05) is 35.9 Å². The number of benzene rings is 2. The van der Waals surface area contributed by atoms with Gasteiger partial charge in [0, 0.05) is 18.1 Å².